The molecule has 1 heterocycles. The molecule has 0 saturated carbocycles. The number of anilines is 2. The molecule has 0 radical (unpaired) electrons. The van der Waals surface area contributed by atoms with Crippen molar-refractivity contribution in [2.75, 3.05) is 10.6 Å². The highest BCUT2D eigenvalue weighted by Crippen LogP contribution is 2.27. The average molecular weight is 388 g/mol. The topological polar surface area (TPSA) is 127 Å². The number of benzene rings is 3. The molecular formula is C21H16N4O4. The lowest BCUT2D eigenvalue weighted by molar-refractivity contribution is 0.101. The number of H-pyrrole nitrogens is 1. The van der Waals surface area contributed by atoms with Crippen LogP contribution in [0.2, 0.25) is 0 Å². The van der Waals surface area contributed by atoms with Crippen molar-refractivity contribution in [3.63, 3.8) is 0 Å². The predicted molar refractivity (Wildman–Crippen MR) is 108 cm³/mol. The molecule has 0 aliphatic heterocycles. The van der Waals surface area contributed by atoms with Crippen LogP contribution in [-0.4, -0.2) is 32.2 Å². The average Bonchev–Trinajstić information content (AvgIpc) is 3.12. The third-order valence-electron chi connectivity index (χ3n) is 4.33. The molecular weight excluding hydrogens is 372 g/mol. The van der Waals surface area contributed by atoms with Gasteiger partial charge in [-0.3, -0.25) is 14.7 Å². The van der Waals surface area contributed by atoms with E-state index in [1.54, 1.807) is 42.5 Å². The third-order valence-corrected chi connectivity index (χ3v) is 4.33. The first-order valence-corrected chi connectivity index (χ1v) is 8.69. The maximum Gasteiger partial charge on any atom is 0.256 e. The number of aromatic nitrogens is 2. The maximum absolute atomic E-state index is 12.4. The van der Waals surface area contributed by atoms with Crippen molar-refractivity contribution in [3.8, 4) is 11.5 Å². The van der Waals surface area contributed by atoms with Crippen LogP contribution in [0.3, 0.4) is 0 Å². The van der Waals surface area contributed by atoms with Crippen LogP contribution in [-0.2, 0) is 0 Å². The van der Waals surface area contributed by atoms with Crippen LogP contribution in [0.1, 0.15) is 20.7 Å². The summed E-state index contributed by atoms with van der Waals surface area (Å²) >= 11 is 0. The number of rotatable bonds is 4. The fourth-order valence-corrected chi connectivity index (χ4v) is 2.82. The molecule has 0 spiro atoms. The van der Waals surface area contributed by atoms with Gasteiger partial charge in [0.05, 0.1) is 5.52 Å². The summed E-state index contributed by atoms with van der Waals surface area (Å²) in [5.74, 6) is -1.10. The standard InChI is InChI=1S/C21H16N4O4/c26-17-9-6-13(10-18(17)27)21(29)22-14-7-8-16-15(11-14)19(25-24-16)23-20(28)12-4-2-1-3-5-12/h1-11,26-27H,(H,22,29)(H2,23,24,25,28). The largest absolute Gasteiger partial charge is 0.504 e. The summed E-state index contributed by atoms with van der Waals surface area (Å²) in [5, 5.41) is 32.0. The van der Waals surface area contributed by atoms with Crippen molar-refractivity contribution in [1.29, 1.82) is 0 Å². The van der Waals surface area contributed by atoms with E-state index in [0.29, 0.717) is 28.0 Å². The van der Waals surface area contributed by atoms with Gasteiger partial charge < -0.3 is 20.8 Å². The highest BCUT2D eigenvalue weighted by molar-refractivity contribution is 6.09. The van der Waals surface area contributed by atoms with Crippen molar-refractivity contribution in [1.82, 2.24) is 10.2 Å². The van der Waals surface area contributed by atoms with E-state index in [2.05, 4.69) is 20.8 Å². The van der Waals surface area contributed by atoms with Gasteiger partial charge in [-0.15, -0.1) is 0 Å². The van der Waals surface area contributed by atoms with Crippen LogP contribution < -0.4 is 10.6 Å². The lowest BCUT2D eigenvalue weighted by atomic mass is 10.1. The highest BCUT2D eigenvalue weighted by Gasteiger charge is 2.13. The smallest absolute Gasteiger partial charge is 0.256 e. The van der Waals surface area contributed by atoms with E-state index in [4.69, 9.17) is 0 Å². The molecule has 8 heteroatoms. The molecule has 2 amide bonds. The van der Waals surface area contributed by atoms with Crippen LogP contribution in [0.25, 0.3) is 10.9 Å². The molecule has 144 valence electrons. The Hall–Kier alpha value is -4.33. The van der Waals surface area contributed by atoms with Crippen LogP contribution >= 0.6 is 0 Å². The fraction of sp³-hybridized carbons (Fsp3) is 0. The number of aromatic amines is 1. The molecule has 0 aliphatic carbocycles. The van der Waals surface area contributed by atoms with Crippen LogP contribution in [0, 0.1) is 0 Å². The second-order valence-corrected chi connectivity index (χ2v) is 6.31. The number of hydrogen-bond acceptors (Lipinski definition) is 5. The molecule has 5 N–H and O–H groups in total. The Morgan fingerprint density at radius 1 is 0.793 bits per heavy atom. The Morgan fingerprint density at radius 2 is 1.55 bits per heavy atom. The third kappa shape index (κ3) is 3.72. The van der Waals surface area contributed by atoms with Gasteiger partial charge in [-0.25, -0.2) is 0 Å². The molecule has 8 nitrogen and oxygen atoms in total. The molecule has 3 aromatic carbocycles. The van der Waals surface area contributed by atoms with E-state index in [1.807, 2.05) is 6.07 Å². The number of aromatic hydroxyl groups is 2. The zero-order valence-electron chi connectivity index (χ0n) is 15.0. The summed E-state index contributed by atoms with van der Waals surface area (Å²) in [6.07, 6.45) is 0. The van der Waals surface area contributed by atoms with Crippen LogP contribution in [0.5, 0.6) is 11.5 Å². The number of hydrogen-bond donors (Lipinski definition) is 5. The molecule has 4 aromatic rings. The second-order valence-electron chi connectivity index (χ2n) is 6.31. The lowest BCUT2D eigenvalue weighted by Gasteiger charge is -2.07. The van der Waals surface area contributed by atoms with Gasteiger partial charge in [-0.05, 0) is 48.5 Å². The van der Waals surface area contributed by atoms with E-state index in [0.717, 1.165) is 0 Å². The minimum atomic E-state index is -0.460. The summed E-state index contributed by atoms with van der Waals surface area (Å²) in [4.78, 5) is 24.8. The predicted octanol–water partition coefficient (Wildman–Crippen LogP) is 3.48. The summed E-state index contributed by atoms with van der Waals surface area (Å²) < 4.78 is 0. The molecule has 0 unspecified atom stereocenters. The fourth-order valence-electron chi connectivity index (χ4n) is 2.82. The van der Waals surface area contributed by atoms with E-state index in [1.165, 1.54) is 18.2 Å². The first-order chi connectivity index (χ1) is 14.0. The SMILES string of the molecule is O=C(Nc1ccc2[nH]nc(NC(=O)c3ccccc3)c2c1)c1ccc(O)c(O)c1. The van der Waals surface area contributed by atoms with Crippen LogP contribution in [0.15, 0.2) is 66.7 Å². The monoisotopic (exact) mass is 388 g/mol. The molecule has 29 heavy (non-hydrogen) atoms. The number of nitrogens with zero attached hydrogens (tertiary/aromatic N) is 1. The molecule has 1 aromatic heterocycles. The minimum absolute atomic E-state index is 0.185. The first kappa shape index (κ1) is 18.1. The number of carbonyl (C=O) groups is 2. The number of phenolic OH excluding ortho intramolecular Hbond substituents is 2. The van der Waals surface area contributed by atoms with Crippen molar-refractivity contribution < 1.29 is 19.8 Å². The molecule has 0 aliphatic rings. The molecule has 0 bridgehead atoms. The summed E-state index contributed by atoms with van der Waals surface area (Å²) in [6, 6.07) is 17.6. The number of carbonyl (C=O) groups excluding carboxylic acids is 2. The summed E-state index contributed by atoms with van der Waals surface area (Å²) in [7, 11) is 0. The number of nitrogens with one attached hydrogen (secondary N) is 3. The van der Waals surface area contributed by atoms with Crippen LogP contribution in [0.4, 0.5) is 11.5 Å². The quantitative estimate of drug-likeness (QED) is 0.342. The Kier molecular flexibility index (Phi) is 4.58. The Morgan fingerprint density at radius 3 is 2.31 bits per heavy atom. The van der Waals surface area contributed by atoms with Gasteiger partial charge in [0.15, 0.2) is 17.3 Å². The van der Waals surface area contributed by atoms with Gasteiger partial charge in [-0.1, -0.05) is 18.2 Å². The van der Waals surface area contributed by atoms with Gasteiger partial charge in [0.25, 0.3) is 11.8 Å². The Balaban J connectivity index is 1.57. The summed E-state index contributed by atoms with van der Waals surface area (Å²) in [5.41, 5.74) is 1.85. The first-order valence-electron chi connectivity index (χ1n) is 8.69. The zero-order chi connectivity index (χ0) is 20.4. The van der Waals surface area contributed by atoms with Gasteiger partial charge in [-0.2, -0.15) is 5.10 Å². The number of amides is 2. The van der Waals surface area contributed by atoms with E-state index in [9.17, 15) is 19.8 Å². The van der Waals surface area contributed by atoms with Crippen molar-refractivity contribution in [2.24, 2.45) is 0 Å². The van der Waals surface area contributed by atoms with Gasteiger partial charge in [0, 0.05) is 22.2 Å². The normalized spacial score (nSPS) is 10.6. The highest BCUT2D eigenvalue weighted by atomic mass is 16.3. The Labute approximate surface area is 164 Å². The van der Waals surface area contributed by atoms with E-state index in [-0.39, 0.29) is 23.0 Å². The maximum atomic E-state index is 12.4. The van der Waals surface area contributed by atoms with E-state index >= 15 is 0 Å². The molecule has 0 atom stereocenters. The zero-order valence-corrected chi connectivity index (χ0v) is 15.0. The second kappa shape index (κ2) is 7.35. The Bertz CT molecular complexity index is 1220. The van der Waals surface area contributed by atoms with Gasteiger partial charge in [0.1, 0.15) is 0 Å². The van der Waals surface area contributed by atoms with Crippen molar-refractivity contribution in [2.45, 2.75) is 0 Å². The van der Waals surface area contributed by atoms with Crippen molar-refractivity contribution >= 4 is 34.2 Å². The van der Waals surface area contributed by atoms with E-state index < -0.39 is 5.91 Å². The number of fused-ring (bicyclic) bond motifs is 1. The summed E-state index contributed by atoms with van der Waals surface area (Å²) in [6.45, 7) is 0. The lowest BCUT2D eigenvalue weighted by Crippen LogP contribution is -2.12. The van der Waals surface area contributed by atoms with Gasteiger partial charge >= 0.3 is 0 Å². The molecule has 0 fully saturated rings. The minimum Gasteiger partial charge on any atom is -0.504 e. The molecule has 0 saturated heterocycles. The van der Waals surface area contributed by atoms with Crippen molar-refractivity contribution in [3.05, 3.63) is 77.9 Å². The van der Waals surface area contributed by atoms with Gasteiger partial charge in [0.2, 0.25) is 0 Å². The molecule has 4 rings (SSSR count). The number of phenols is 2.